The lowest BCUT2D eigenvalue weighted by molar-refractivity contribution is 0.567. The highest BCUT2D eigenvalue weighted by Gasteiger charge is 2.22. The second-order valence-corrected chi connectivity index (χ2v) is 8.00. The number of halogens is 1. The molecule has 0 aliphatic heterocycles. The Morgan fingerprint density at radius 1 is 0.952 bits per heavy atom. The zero-order chi connectivity index (χ0) is 15.7. The maximum atomic E-state index is 13.7. The van der Waals surface area contributed by atoms with Crippen molar-refractivity contribution < 1.29 is 21.2 Å². The number of anilines is 1. The molecule has 0 amide bonds. The van der Waals surface area contributed by atoms with E-state index in [-0.39, 0.29) is 10.6 Å². The first-order valence-corrected chi connectivity index (χ1v) is 9.15. The molecule has 21 heavy (non-hydrogen) atoms. The Labute approximate surface area is 122 Å². The van der Waals surface area contributed by atoms with E-state index >= 15 is 0 Å². The van der Waals surface area contributed by atoms with Gasteiger partial charge in [-0.15, -0.1) is 0 Å². The van der Waals surface area contributed by atoms with Gasteiger partial charge in [0.2, 0.25) is 0 Å². The minimum Gasteiger partial charge on any atom is -0.280 e. The van der Waals surface area contributed by atoms with Gasteiger partial charge in [0, 0.05) is 11.9 Å². The molecule has 0 aromatic heterocycles. The summed E-state index contributed by atoms with van der Waals surface area (Å²) in [5.74, 6) is -1.02. The van der Waals surface area contributed by atoms with Gasteiger partial charge < -0.3 is 0 Å². The van der Waals surface area contributed by atoms with E-state index < -0.39 is 30.6 Å². The van der Waals surface area contributed by atoms with Crippen molar-refractivity contribution in [2.45, 2.75) is 9.79 Å². The molecule has 0 bridgehead atoms. The van der Waals surface area contributed by atoms with E-state index in [0.717, 1.165) is 24.5 Å². The third-order valence-corrected chi connectivity index (χ3v) is 5.15. The molecule has 5 nitrogen and oxygen atoms in total. The summed E-state index contributed by atoms with van der Waals surface area (Å²) in [6.45, 7) is 0. The number of para-hydroxylation sites is 1. The summed E-state index contributed by atoms with van der Waals surface area (Å²) in [5.41, 5.74) is 0.252. The van der Waals surface area contributed by atoms with Gasteiger partial charge in [0.25, 0.3) is 10.0 Å². The highest BCUT2D eigenvalue weighted by Crippen LogP contribution is 2.22. The number of rotatable bonds is 4. The molecular formula is C13H12FNO4S2. The van der Waals surface area contributed by atoms with Crippen LogP contribution in [-0.2, 0) is 19.9 Å². The van der Waals surface area contributed by atoms with E-state index in [4.69, 9.17) is 0 Å². The van der Waals surface area contributed by atoms with Crippen LogP contribution in [0, 0.1) is 5.82 Å². The molecule has 0 unspecified atom stereocenters. The van der Waals surface area contributed by atoms with Crippen molar-refractivity contribution in [3.8, 4) is 0 Å². The lowest BCUT2D eigenvalue weighted by atomic mass is 10.3. The Hall–Kier alpha value is -1.93. The van der Waals surface area contributed by atoms with Gasteiger partial charge >= 0.3 is 0 Å². The van der Waals surface area contributed by atoms with Gasteiger partial charge in [-0.2, -0.15) is 0 Å². The van der Waals surface area contributed by atoms with Gasteiger partial charge in [0.05, 0.1) is 4.90 Å². The molecule has 0 radical (unpaired) electrons. The van der Waals surface area contributed by atoms with Crippen molar-refractivity contribution in [2.24, 2.45) is 0 Å². The van der Waals surface area contributed by atoms with Crippen LogP contribution in [0.25, 0.3) is 0 Å². The first-order valence-electron chi connectivity index (χ1n) is 5.77. The average molecular weight is 329 g/mol. The van der Waals surface area contributed by atoms with E-state index in [1.165, 1.54) is 12.1 Å². The molecule has 0 saturated heterocycles. The topological polar surface area (TPSA) is 80.3 Å². The maximum absolute atomic E-state index is 13.7. The lowest BCUT2D eigenvalue weighted by Gasteiger charge is -2.10. The first kappa shape index (κ1) is 15.5. The molecule has 2 aromatic rings. The number of sulfonamides is 1. The summed E-state index contributed by atoms with van der Waals surface area (Å²) < 4.78 is 63.1. The van der Waals surface area contributed by atoms with Crippen LogP contribution in [-0.4, -0.2) is 23.1 Å². The Morgan fingerprint density at radius 2 is 1.57 bits per heavy atom. The SMILES string of the molecule is CS(=O)(=O)c1ccc(F)c(S(=O)(=O)Nc2ccccc2)c1. The van der Waals surface area contributed by atoms with Gasteiger partial charge in [-0.1, -0.05) is 18.2 Å². The lowest BCUT2D eigenvalue weighted by Crippen LogP contribution is -2.15. The van der Waals surface area contributed by atoms with Crippen LogP contribution < -0.4 is 4.72 Å². The zero-order valence-electron chi connectivity index (χ0n) is 10.9. The smallest absolute Gasteiger partial charge is 0.264 e. The summed E-state index contributed by atoms with van der Waals surface area (Å²) in [5, 5.41) is 0. The monoisotopic (exact) mass is 329 g/mol. The molecule has 0 aliphatic rings. The summed E-state index contributed by atoms with van der Waals surface area (Å²) in [7, 11) is -7.85. The summed E-state index contributed by atoms with van der Waals surface area (Å²) in [6.07, 6.45) is 0.918. The van der Waals surface area contributed by atoms with Crippen LogP contribution in [0.4, 0.5) is 10.1 Å². The molecule has 112 valence electrons. The Morgan fingerprint density at radius 3 is 2.14 bits per heavy atom. The van der Waals surface area contributed by atoms with Crippen LogP contribution in [0.2, 0.25) is 0 Å². The molecule has 2 rings (SSSR count). The van der Waals surface area contributed by atoms with Gasteiger partial charge in [0.15, 0.2) is 9.84 Å². The maximum Gasteiger partial charge on any atom is 0.264 e. The zero-order valence-corrected chi connectivity index (χ0v) is 12.6. The van der Waals surface area contributed by atoms with Crippen LogP contribution >= 0.6 is 0 Å². The number of nitrogens with one attached hydrogen (secondary N) is 1. The fraction of sp³-hybridized carbons (Fsp3) is 0.0769. The molecule has 8 heteroatoms. The number of hydrogen-bond acceptors (Lipinski definition) is 4. The van der Waals surface area contributed by atoms with Crippen LogP contribution in [0.1, 0.15) is 0 Å². The quantitative estimate of drug-likeness (QED) is 0.870. The molecular weight excluding hydrogens is 317 g/mol. The molecule has 1 N–H and O–H groups in total. The largest absolute Gasteiger partial charge is 0.280 e. The predicted octanol–water partition coefficient (Wildman–Crippen LogP) is 2.03. The fourth-order valence-corrected chi connectivity index (χ4v) is 3.52. The highest BCUT2D eigenvalue weighted by molar-refractivity contribution is 7.93. The molecule has 0 atom stereocenters. The van der Waals surface area contributed by atoms with E-state index in [1.54, 1.807) is 18.2 Å². The Bertz CT molecular complexity index is 862. The molecule has 0 aliphatic carbocycles. The van der Waals surface area contributed by atoms with Gasteiger partial charge in [-0.05, 0) is 30.3 Å². The fourth-order valence-electron chi connectivity index (χ4n) is 1.64. The molecule has 0 heterocycles. The van der Waals surface area contributed by atoms with E-state index in [9.17, 15) is 21.2 Å². The second-order valence-electron chi connectivity index (χ2n) is 4.34. The second kappa shape index (κ2) is 5.45. The van der Waals surface area contributed by atoms with Crippen molar-refractivity contribution in [2.75, 3.05) is 11.0 Å². The molecule has 0 saturated carbocycles. The number of hydrogen-bond donors (Lipinski definition) is 1. The summed E-state index contributed by atoms with van der Waals surface area (Å²) >= 11 is 0. The van der Waals surface area contributed by atoms with Gasteiger partial charge in [-0.25, -0.2) is 21.2 Å². The standard InChI is InChI=1S/C13H12FNO4S2/c1-20(16,17)11-7-8-12(14)13(9-11)21(18,19)15-10-5-3-2-4-6-10/h2-9,15H,1H3. The summed E-state index contributed by atoms with van der Waals surface area (Å²) in [4.78, 5) is -0.980. The van der Waals surface area contributed by atoms with Crippen LogP contribution in [0.3, 0.4) is 0 Å². The van der Waals surface area contributed by atoms with Gasteiger partial charge in [0.1, 0.15) is 10.7 Å². The normalized spacial score (nSPS) is 12.1. The van der Waals surface area contributed by atoms with Gasteiger partial charge in [-0.3, -0.25) is 4.72 Å². The molecule has 0 fully saturated rings. The third-order valence-electron chi connectivity index (χ3n) is 2.65. The van der Waals surface area contributed by atoms with E-state index in [2.05, 4.69) is 4.72 Å². The van der Waals surface area contributed by atoms with E-state index in [0.29, 0.717) is 0 Å². The third kappa shape index (κ3) is 3.59. The number of sulfone groups is 1. The van der Waals surface area contributed by atoms with Crippen LogP contribution in [0.15, 0.2) is 58.3 Å². The van der Waals surface area contributed by atoms with E-state index in [1.807, 2.05) is 0 Å². The predicted molar refractivity (Wildman–Crippen MR) is 76.8 cm³/mol. The minimum absolute atomic E-state index is 0.252. The first-order chi connectivity index (χ1) is 9.70. The Balaban J connectivity index is 2.50. The van der Waals surface area contributed by atoms with Crippen molar-refractivity contribution in [3.05, 3.63) is 54.3 Å². The van der Waals surface area contributed by atoms with Crippen LogP contribution in [0.5, 0.6) is 0 Å². The minimum atomic E-state index is -4.22. The molecule has 2 aromatic carbocycles. The summed E-state index contributed by atoms with van der Waals surface area (Å²) in [6, 6.07) is 10.6. The van der Waals surface area contributed by atoms with Crippen molar-refractivity contribution >= 4 is 25.5 Å². The highest BCUT2D eigenvalue weighted by atomic mass is 32.2. The van der Waals surface area contributed by atoms with Crippen molar-refractivity contribution in [1.82, 2.24) is 0 Å². The van der Waals surface area contributed by atoms with Crippen molar-refractivity contribution in [3.63, 3.8) is 0 Å². The Kier molecular flexibility index (Phi) is 4.02. The average Bonchev–Trinajstić information content (AvgIpc) is 2.38. The number of benzene rings is 2. The molecule has 0 spiro atoms. The van der Waals surface area contributed by atoms with Crippen molar-refractivity contribution in [1.29, 1.82) is 0 Å².